The number of fused-ring (bicyclic) bond motifs is 1. The summed E-state index contributed by atoms with van der Waals surface area (Å²) in [6.07, 6.45) is 1.91. The summed E-state index contributed by atoms with van der Waals surface area (Å²) in [6.45, 7) is 0.0931. The summed E-state index contributed by atoms with van der Waals surface area (Å²) in [6, 6.07) is 23.3. The Balaban J connectivity index is 1.58. The first-order valence-corrected chi connectivity index (χ1v) is 11.4. The Morgan fingerprint density at radius 3 is 2.40 bits per heavy atom. The molecule has 0 aliphatic heterocycles. The van der Waals surface area contributed by atoms with Gasteiger partial charge < -0.3 is 20.8 Å². The second-order valence-electron chi connectivity index (χ2n) is 8.31. The smallest absolute Gasteiger partial charge is 0.408 e. The number of hydrogen-bond donors (Lipinski definition) is 3. The fourth-order valence-electron chi connectivity index (χ4n) is 4.06. The van der Waals surface area contributed by atoms with E-state index in [-0.39, 0.29) is 25.2 Å². The van der Waals surface area contributed by atoms with Crippen LogP contribution in [0.25, 0.3) is 10.9 Å². The van der Waals surface area contributed by atoms with Crippen molar-refractivity contribution in [3.05, 3.63) is 107 Å². The number of aromatic nitrogens is 1. The minimum atomic E-state index is -0.868. The minimum absolute atomic E-state index is 0.0931. The van der Waals surface area contributed by atoms with Gasteiger partial charge in [-0.2, -0.15) is 0 Å². The van der Waals surface area contributed by atoms with Gasteiger partial charge in [-0.15, -0.1) is 0 Å². The molecule has 0 aliphatic rings. The zero-order valence-corrected chi connectivity index (χ0v) is 19.2. The lowest BCUT2D eigenvalue weighted by molar-refractivity contribution is -0.118. The lowest BCUT2D eigenvalue weighted by Gasteiger charge is -2.19. The van der Waals surface area contributed by atoms with Crippen molar-refractivity contribution in [3.63, 3.8) is 0 Å². The number of hydrogen-bond acceptors (Lipinski definition) is 4. The Hall–Kier alpha value is -4.39. The molecule has 1 aromatic heterocycles. The maximum absolute atomic E-state index is 13.7. The Morgan fingerprint density at radius 2 is 1.60 bits per heavy atom. The lowest BCUT2D eigenvalue weighted by Crippen LogP contribution is -2.43. The average Bonchev–Trinajstić information content (AvgIpc) is 3.29. The number of aryl methyl sites for hydroxylation is 1. The minimum Gasteiger partial charge on any atom is -0.445 e. The molecule has 7 heteroatoms. The molecule has 4 aromatic rings. The number of amides is 2. The Labute approximate surface area is 203 Å². The van der Waals surface area contributed by atoms with Gasteiger partial charge in [0.25, 0.3) is 0 Å². The first kappa shape index (κ1) is 23.8. The number of alkyl carbamates (subject to hydrolysis) is 1. The monoisotopic (exact) mass is 469 g/mol. The van der Waals surface area contributed by atoms with Crippen molar-refractivity contribution in [1.82, 2.24) is 10.3 Å². The van der Waals surface area contributed by atoms with Crippen LogP contribution in [0.4, 0.5) is 4.79 Å². The number of Topliss-reactive ketones (excluding diaryl/α,β-unsaturated/α-hetero) is 1. The number of ether oxygens (including phenoxy) is 1. The molecule has 7 nitrogen and oxygen atoms in total. The van der Waals surface area contributed by atoms with Gasteiger partial charge in [0.1, 0.15) is 6.61 Å². The number of para-hydroxylation sites is 1. The second kappa shape index (κ2) is 11.2. The third-order valence-corrected chi connectivity index (χ3v) is 5.84. The summed E-state index contributed by atoms with van der Waals surface area (Å²) in [5.41, 5.74) is 9.16. The highest BCUT2D eigenvalue weighted by Crippen LogP contribution is 2.21. The van der Waals surface area contributed by atoms with Gasteiger partial charge in [-0.05, 0) is 29.2 Å². The fraction of sp³-hybridized carbons (Fsp3) is 0.179. The highest BCUT2D eigenvalue weighted by Gasteiger charge is 2.26. The van der Waals surface area contributed by atoms with Crippen molar-refractivity contribution in [2.24, 2.45) is 5.73 Å². The highest BCUT2D eigenvalue weighted by atomic mass is 16.5. The Kier molecular flexibility index (Phi) is 7.57. The molecule has 2 amide bonds. The molecular weight excluding hydrogens is 442 g/mol. The van der Waals surface area contributed by atoms with Crippen molar-refractivity contribution in [3.8, 4) is 0 Å². The fourth-order valence-corrected chi connectivity index (χ4v) is 4.06. The number of carbonyl (C=O) groups excluding carboxylic acids is 3. The topological polar surface area (TPSA) is 114 Å². The molecule has 3 aromatic carbocycles. The summed E-state index contributed by atoms with van der Waals surface area (Å²) in [7, 11) is 0. The molecule has 0 fully saturated rings. The van der Waals surface area contributed by atoms with Gasteiger partial charge >= 0.3 is 6.09 Å². The van der Waals surface area contributed by atoms with E-state index in [1.807, 2.05) is 66.9 Å². The van der Waals surface area contributed by atoms with Gasteiger partial charge in [-0.3, -0.25) is 9.59 Å². The van der Waals surface area contributed by atoms with Crippen LogP contribution in [-0.2, 0) is 29.0 Å². The third-order valence-electron chi connectivity index (χ3n) is 5.84. The van der Waals surface area contributed by atoms with E-state index >= 15 is 0 Å². The lowest BCUT2D eigenvalue weighted by atomic mass is 9.92. The summed E-state index contributed by atoms with van der Waals surface area (Å²) in [5, 5.41) is 3.74. The number of benzene rings is 3. The molecule has 0 bridgehead atoms. The van der Waals surface area contributed by atoms with Crippen LogP contribution >= 0.6 is 0 Å². The number of ketones is 1. The summed E-state index contributed by atoms with van der Waals surface area (Å²) in [4.78, 5) is 40.9. The van der Waals surface area contributed by atoms with E-state index in [1.165, 1.54) is 0 Å². The molecular formula is C28H27N3O4. The molecule has 178 valence electrons. The van der Waals surface area contributed by atoms with Gasteiger partial charge in [0.2, 0.25) is 5.91 Å². The van der Waals surface area contributed by atoms with Crippen molar-refractivity contribution < 1.29 is 19.1 Å². The van der Waals surface area contributed by atoms with Crippen LogP contribution in [0.3, 0.4) is 0 Å². The quantitative estimate of drug-likeness (QED) is 0.300. The van der Waals surface area contributed by atoms with E-state index in [0.29, 0.717) is 17.5 Å². The molecule has 0 radical (unpaired) electrons. The van der Waals surface area contributed by atoms with Crippen LogP contribution in [-0.4, -0.2) is 28.8 Å². The highest BCUT2D eigenvalue weighted by molar-refractivity contribution is 6.03. The summed E-state index contributed by atoms with van der Waals surface area (Å²) < 4.78 is 5.39. The average molecular weight is 470 g/mol. The molecule has 1 atom stereocenters. The maximum Gasteiger partial charge on any atom is 0.408 e. The van der Waals surface area contributed by atoms with Crippen molar-refractivity contribution in [2.75, 3.05) is 0 Å². The number of primary amides is 1. The van der Waals surface area contributed by atoms with Gasteiger partial charge in [0.15, 0.2) is 5.78 Å². The van der Waals surface area contributed by atoms with Gasteiger partial charge in [0.05, 0.1) is 6.04 Å². The largest absolute Gasteiger partial charge is 0.445 e. The van der Waals surface area contributed by atoms with Crippen molar-refractivity contribution in [1.29, 1.82) is 0 Å². The van der Waals surface area contributed by atoms with Gasteiger partial charge in [-0.1, -0.05) is 72.8 Å². The van der Waals surface area contributed by atoms with E-state index in [2.05, 4.69) is 10.3 Å². The molecule has 35 heavy (non-hydrogen) atoms. The zero-order chi connectivity index (χ0) is 24.6. The predicted octanol–water partition coefficient (Wildman–Crippen LogP) is 4.31. The maximum atomic E-state index is 13.7. The van der Waals surface area contributed by atoms with E-state index in [0.717, 1.165) is 22.0 Å². The predicted molar refractivity (Wildman–Crippen MR) is 134 cm³/mol. The van der Waals surface area contributed by atoms with Crippen LogP contribution in [0.5, 0.6) is 0 Å². The molecule has 0 saturated heterocycles. The zero-order valence-electron chi connectivity index (χ0n) is 19.2. The summed E-state index contributed by atoms with van der Waals surface area (Å²) in [5.74, 6) is -0.697. The van der Waals surface area contributed by atoms with E-state index in [1.54, 1.807) is 18.2 Å². The number of nitrogens with two attached hydrogens (primary N) is 1. The second-order valence-corrected chi connectivity index (χ2v) is 8.31. The number of aromatic amines is 1. The third kappa shape index (κ3) is 6.14. The number of nitrogens with one attached hydrogen (secondary N) is 2. The standard InChI is InChI=1S/C28H27N3O4/c29-26(32)15-14-20-10-4-5-12-23(20)27(33)25(16-21-17-30-24-13-7-6-11-22(21)24)31-28(34)35-18-19-8-2-1-3-9-19/h1-13,17,25,30H,14-16,18H2,(H2,29,32)(H,31,34)/t25-/m0/s1. The first-order valence-electron chi connectivity index (χ1n) is 11.4. The first-order chi connectivity index (χ1) is 17.0. The van der Waals surface area contributed by atoms with Crippen LogP contribution in [0.1, 0.15) is 33.5 Å². The molecule has 0 spiro atoms. The van der Waals surface area contributed by atoms with Crippen LogP contribution in [0.2, 0.25) is 0 Å². The van der Waals surface area contributed by atoms with Gasteiger partial charge in [-0.25, -0.2) is 4.79 Å². The normalized spacial score (nSPS) is 11.7. The molecule has 0 aliphatic carbocycles. The summed E-state index contributed by atoms with van der Waals surface area (Å²) >= 11 is 0. The molecule has 0 unspecified atom stereocenters. The van der Waals surface area contributed by atoms with E-state index in [4.69, 9.17) is 10.5 Å². The SMILES string of the molecule is NC(=O)CCc1ccccc1C(=O)[C@H](Cc1c[nH]c2ccccc12)NC(=O)OCc1ccccc1. The number of H-pyrrole nitrogens is 1. The molecule has 0 saturated carbocycles. The Morgan fingerprint density at radius 1 is 0.886 bits per heavy atom. The van der Waals surface area contributed by atoms with Crippen LogP contribution in [0, 0.1) is 0 Å². The number of carbonyl (C=O) groups is 3. The van der Waals surface area contributed by atoms with Gasteiger partial charge in [0, 0.05) is 35.5 Å². The molecule has 1 heterocycles. The molecule has 4 rings (SSSR count). The van der Waals surface area contributed by atoms with Crippen molar-refractivity contribution in [2.45, 2.75) is 31.9 Å². The Bertz CT molecular complexity index is 1330. The van der Waals surface area contributed by atoms with Crippen molar-refractivity contribution >= 4 is 28.7 Å². The van der Waals surface area contributed by atoms with Crippen LogP contribution in [0.15, 0.2) is 85.1 Å². The number of rotatable bonds is 10. The van der Waals surface area contributed by atoms with Crippen LogP contribution < -0.4 is 11.1 Å². The van der Waals surface area contributed by atoms with E-state index < -0.39 is 18.0 Å². The molecule has 4 N–H and O–H groups in total. The van der Waals surface area contributed by atoms with E-state index in [9.17, 15) is 14.4 Å².